The van der Waals surface area contributed by atoms with Gasteiger partial charge in [-0.05, 0) is 72.6 Å². The highest BCUT2D eigenvalue weighted by atomic mass is 32.2. The highest BCUT2D eigenvalue weighted by molar-refractivity contribution is 8.18. The minimum absolute atomic E-state index is 0.148. The zero-order chi connectivity index (χ0) is 17.4. The summed E-state index contributed by atoms with van der Waals surface area (Å²) in [6.07, 6.45) is 1.82. The molecule has 1 N–H and O–H groups in total. The van der Waals surface area contributed by atoms with Gasteiger partial charge in [0.1, 0.15) is 0 Å². The molecule has 2 aliphatic heterocycles. The number of aryl methyl sites for hydroxylation is 2. The number of hydrogen-bond donors (Lipinski definition) is 1. The maximum Gasteiger partial charge on any atom is 0.264 e. The molecule has 2 aliphatic rings. The second-order valence-corrected chi connectivity index (χ2v) is 6.89. The van der Waals surface area contributed by atoms with Crippen LogP contribution in [0.15, 0.2) is 46.3 Å². The molecule has 0 radical (unpaired) electrons. The first-order chi connectivity index (χ1) is 12.1. The lowest BCUT2D eigenvalue weighted by Crippen LogP contribution is -2.19. The maximum atomic E-state index is 12.2. The average Bonchev–Trinajstić information content (AvgIpc) is 3.17. The molecule has 4 rings (SSSR count). The second kappa shape index (κ2) is 6.29. The maximum absolute atomic E-state index is 12.2. The van der Waals surface area contributed by atoms with Crippen LogP contribution in [0.5, 0.6) is 11.5 Å². The van der Waals surface area contributed by atoms with E-state index in [1.807, 2.05) is 49.4 Å². The van der Waals surface area contributed by atoms with Crippen LogP contribution in [0.3, 0.4) is 0 Å². The number of amides is 1. The summed E-state index contributed by atoms with van der Waals surface area (Å²) >= 11 is 1.33. The highest BCUT2D eigenvalue weighted by Crippen LogP contribution is 2.34. The van der Waals surface area contributed by atoms with Gasteiger partial charge in [0.15, 0.2) is 16.7 Å². The smallest absolute Gasteiger partial charge is 0.264 e. The van der Waals surface area contributed by atoms with Gasteiger partial charge in [-0.15, -0.1) is 0 Å². The number of nitrogens with one attached hydrogen (secondary N) is 1. The Bertz CT molecular complexity index is 934. The van der Waals surface area contributed by atoms with Gasteiger partial charge in [-0.3, -0.25) is 4.79 Å². The van der Waals surface area contributed by atoms with Gasteiger partial charge >= 0.3 is 0 Å². The fourth-order valence-corrected chi connectivity index (χ4v) is 3.39. The van der Waals surface area contributed by atoms with Crippen molar-refractivity contribution in [3.63, 3.8) is 0 Å². The molecule has 1 amide bonds. The fraction of sp³-hybridized carbons (Fsp3) is 0.158. The Hall–Kier alpha value is -2.73. The topological polar surface area (TPSA) is 59.9 Å². The van der Waals surface area contributed by atoms with E-state index in [1.165, 1.54) is 22.9 Å². The molecular weight excluding hydrogens is 336 g/mol. The van der Waals surface area contributed by atoms with Gasteiger partial charge in [0.2, 0.25) is 6.79 Å². The van der Waals surface area contributed by atoms with Crippen LogP contribution >= 0.6 is 11.8 Å². The molecule has 2 heterocycles. The van der Waals surface area contributed by atoms with Crippen molar-refractivity contribution in [3.05, 3.63) is 58.0 Å². The zero-order valence-corrected chi connectivity index (χ0v) is 14.6. The van der Waals surface area contributed by atoms with Crippen LogP contribution in [0.2, 0.25) is 0 Å². The number of fused-ring (bicyclic) bond motifs is 1. The van der Waals surface area contributed by atoms with Crippen LogP contribution in [0.4, 0.5) is 5.69 Å². The van der Waals surface area contributed by atoms with E-state index in [4.69, 9.17) is 9.47 Å². The summed E-state index contributed by atoms with van der Waals surface area (Å²) in [5, 5.41) is 3.39. The van der Waals surface area contributed by atoms with Crippen molar-refractivity contribution < 1.29 is 14.3 Å². The number of benzene rings is 2. The third kappa shape index (κ3) is 3.25. The summed E-state index contributed by atoms with van der Waals surface area (Å²) in [4.78, 5) is 17.3. The van der Waals surface area contributed by atoms with Crippen LogP contribution < -0.4 is 14.8 Å². The van der Waals surface area contributed by atoms with E-state index in [1.54, 1.807) is 0 Å². The summed E-state index contributed by atoms with van der Waals surface area (Å²) < 4.78 is 10.7. The summed E-state index contributed by atoms with van der Waals surface area (Å²) in [5.74, 6) is 1.27. The van der Waals surface area contributed by atoms with E-state index in [9.17, 15) is 4.79 Å². The zero-order valence-electron chi connectivity index (χ0n) is 13.8. The molecule has 0 aromatic heterocycles. The summed E-state index contributed by atoms with van der Waals surface area (Å²) in [6, 6.07) is 11.6. The average molecular weight is 352 g/mol. The molecule has 2 aromatic carbocycles. The lowest BCUT2D eigenvalue weighted by atomic mass is 10.1. The van der Waals surface area contributed by atoms with Gasteiger partial charge in [-0.2, -0.15) is 0 Å². The van der Waals surface area contributed by atoms with Crippen molar-refractivity contribution in [2.45, 2.75) is 13.8 Å². The van der Waals surface area contributed by atoms with Crippen LogP contribution in [-0.2, 0) is 4.79 Å². The van der Waals surface area contributed by atoms with E-state index in [-0.39, 0.29) is 12.7 Å². The number of aliphatic imine (C=N–C) groups is 1. The molecule has 1 fully saturated rings. The number of thioether (sulfide) groups is 1. The van der Waals surface area contributed by atoms with E-state index >= 15 is 0 Å². The molecule has 0 spiro atoms. The second-order valence-electron chi connectivity index (χ2n) is 5.86. The molecular formula is C19H16N2O3S. The number of hydrogen-bond acceptors (Lipinski definition) is 5. The lowest BCUT2D eigenvalue weighted by molar-refractivity contribution is -0.115. The Kier molecular flexibility index (Phi) is 3.97. The Morgan fingerprint density at radius 1 is 1.08 bits per heavy atom. The van der Waals surface area contributed by atoms with Crippen LogP contribution in [0.1, 0.15) is 16.7 Å². The first-order valence-electron chi connectivity index (χ1n) is 7.85. The van der Waals surface area contributed by atoms with Gasteiger partial charge in [0.25, 0.3) is 5.91 Å². The Labute approximate surface area is 149 Å². The van der Waals surface area contributed by atoms with Crippen molar-refractivity contribution in [2.24, 2.45) is 4.99 Å². The first kappa shape index (κ1) is 15.8. The SMILES string of the molecule is Cc1ccc(N=C2NC(=O)/C(=C/c3ccc4c(c3)OCO4)S2)cc1C. The van der Waals surface area contributed by atoms with E-state index in [0.717, 1.165) is 17.0 Å². The summed E-state index contributed by atoms with van der Waals surface area (Å²) in [6.45, 7) is 4.34. The predicted molar refractivity (Wildman–Crippen MR) is 99.3 cm³/mol. The quantitative estimate of drug-likeness (QED) is 0.832. The molecule has 0 atom stereocenters. The highest BCUT2D eigenvalue weighted by Gasteiger charge is 2.24. The van der Waals surface area contributed by atoms with E-state index < -0.39 is 0 Å². The van der Waals surface area contributed by atoms with Gasteiger partial charge in [0.05, 0.1) is 10.6 Å². The standard InChI is InChI=1S/C19H16N2O3S/c1-11-3-5-14(7-12(11)2)20-19-21-18(22)17(25-19)9-13-4-6-15-16(8-13)24-10-23-15/h3-9H,10H2,1-2H3,(H,20,21,22)/b17-9-. The summed E-state index contributed by atoms with van der Waals surface area (Å²) in [7, 11) is 0. The molecule has 25 heavy (non-hydrogen) atoms. The van der Waals surface area contributed by atoms with Crippen molar-refractivity contribution in [1.29, 1.82) is 0 Å². The third-order valence-electron chi connectivity index (χ3n) is 4.07. The van der Waals surface area contributed by atoms with Crippen LogP contribution in [-0.4, -0.2) is 17.9 Å². The largest absolute Gasteiger partial charge is 0.454 e. The van der Waals surface area contributed by atoms with Gasteiger partial charge in [-0.1, -0.05) is 12.1 Å². The molecule has 0 aliphatic carbocycles. The molecule has 6 heteroatoms. The van der Waals surface area contributed by atoms with Gasteiger partial charge in [0, 0.05) is 0 Å². The number of carbonyl (C=O) groups excluding carboxylic acids is 1. The Morgan fingerprint density at radius 2 is 1.92 bits per heavy atom. The monoisotopic (exact) mass is 352 g/mol. The normalized spacial score (nSPS) is 18.9. The minimum Gasteiger partial charge on any atom is -0.454 e. The third-order valence-corrected chi connectivity index (χ3v) is 4.98. The van der Waals surface area contributed by atoms with E-state index in [2.05, 4.69) is 17.2 Å². The number of amidine groups is 1. The van der Waals surface area contributed by atoms with Crippen LogP contribution in [0, 0.1) is 13.8 Å². The molecule has 0 saturated carbocycles. The number of carbonyl (C=O) groups is 1. The van der Waals surface area contributed by atoms with Gasteiger partial charge in [-0.25, -0.2) is 4.99 Å². The molecule has 0 unspecified atom stereocenters. The number of ether oxygens (including phenoxy) is 2. The Morgan fingerprint density at radius 3 is 2.76 bits per heavy atom. The fourth-order valence-electron chi connectivity index (χ4n) is 2.55. The van der Waals surface area contributed by atoms with Crippen molar-refractivity contribution in [1.82, 2.24) is 5.32 Å². The molecule has 126 valence electrons. The molecule has 2 aromatic rings. The predicted octanol–water partition coefficient (Wildman–Crippen LogP) is 3.92. The molecule has 1 saturated heterocycles. The lowest BCUT2D eigenvalue weighted by Gasteiger charge is -2.01. The Balaban J connectivity index is 1.57. The van der Waals surface area contributed by atoms with Crippen LogP contribution in [0.25, 0.3) is 6.08 Å². The minimum atomic E-state index is -0.148. The van der Waals surface area contributed by atoms with Crippen molar-refractivity contribution in [2.75, 3.05) is 6.79 Å². The van der Waals surface area contributed by atoms with Crippen molar-refractivity contribution in [3.8, 4) is 11.5 Å². The molecule has 5 nitrogen and oxygen atoms in total. The van der Waals surface area contributed by atoms with Crippen molar-refractivity contribution >= 4 is 34.6 Å². The van der Waals surface area contributed by atoms with E-state index in [0.29, 0.717) is 15.8 Å². The van der Waals surface area contributed by atoms with Gasteiger partial charge < -0.3 is 14.8 Å². The summed E-state index contributed by atoms with van der Waals surface area (Å²) in [5.41, 5.74) is 4.10. The molecule has 0 bridgehead atoms. The number of nitrogens with zero attached hydrogens (tertiary/aromatic N) is 1. The number of rotatable bonds is 2. The first-order valence-corrected chi connectivity index (χ1v) is 8.67.